The van der Waals surface area contributed by atoms with Gasteiger partial charge in [-0.1, -0.05) is 11.8 Å². The summed E-state index contributed by atoms with van der Waals surface area (Å²) in [6, 6.07) is 3.08. The normalized spacial score (nSPS) is 10.3. The average Bonchev–Trinajstić information content (AvgIpc) is 2.18. The quantitative estimate of drug-likeness (QED) is 0.360. The van der Waals surface area contributed by atoms with Crippen LogP contribution < -0.4 is 0 Å². The predicted octanol–water partition coefficient (Wildman–Crippen LogP) is 1.77. The van der Waals surface area contributed by atoms with Gasteiger partial charge in [-0.2, -0.15) is 0 Å². The Morgan fingerprint density at radius 1 is 1.60 bits per heavy atom. The van der Waals surface area contributed by atoms with E-state index < -0.39 is 4.92 Å². The van der Waals surface area contributed by atoms with Crippen LogP contribution in [0, 0.1) is 17.0 Å². The summed E-state index contributed by atoms with van der Waals surface area (Å²) in [5, 5.41) is 19.7. The van der Waals surface area contributed by atoms with E-state index in [-0.39, 0.29) is 12.3 Å². The number of nitro groups is 1. The summed E-state index contributed by atoms with van der Waals surface area (Å²) in [5.41, 5.74) is 0.788. The zero-order valence-corrected chi connectivity index (χ0v) is 9.16. The Hall–Kier alpha value is -1.14. The van der Waals surface area contributed by atoms with Crippen molar-refractivity contribution in [2.75, 3.05) is 12.4 Å². The van der Waals surface area contributed by atoms with Crippen LogP contribution in [0.1, 0.15) is 12.1 Å². The van der Waals surface area contributed by atoms with Crippen molar-refractivity contribution in [3.05, 3.63) is 27.9 Å². The summed E-state index contributed by atoms with van der Waals surface area (Å²) >= 11 is 1.30. The van der Waals surface area contributed by atoms with Gasteiger partial charge in [-0.05, 0) is 19.4 Å². The first-order valence-corrected chi connectivity index (χ1v) is 5.49. The van der Waals surface area contributed by atoms with Crippen LogP contribution in [0.3, 0.4) is 0 Å². The highest BCUT2D eigenvalue weighted by atomic mass is 32.2. The third kappa shape index (κ3) is 3.49. The SMILES string of the molecule is Cc1ccc([N+](=O)[O-])c(SCCCO)n1. The highest BCUT2D eigenvalue weighted by Crippen LogP contribution is 2.27. The van der Waals surface area contributed by atoms with Gasteiger partial charge >= 0.3 is 5.69 Å². The van der Waals surface area contributed by atoms with Crippen molar-refractivity contribution < 1.29 is 10.0 Å². The summed E-state index contributed by atoms with van der Waals surface area (Å²) in [4.78, 5) is 14.3. The van der Waals surface area contributed by atoms with E-state index >= 15 is 0 Å². The molecule has 0 radical (unpaired) electrons. The lowest BCUT2D eigenvalue weighted by Crippen LogP contribution is -1.96. The van der Waals surface area contributed by atoms with E-state index in [1.807, 2.05) is 0 Å². The van der Waals surface area contributed by atoms with Crippen LogP contribution >= 0.6 is 11.8 Å². The van der Waals surface area contributed by atoms with Crippen molar-refractivity contribution in [3.63, 3.8) is 0 Å². The summed E-state index contributed by atoms with van der Waals surface area (Å²) in [5.74, 6) is 0.633. The Labute approximate surface area is 91.7 Å². The molecular weight excluding hydrogens is 216 g/mol. The van der Waals surface area contributed by atoms with Crippen molar-refractivity contribution in [1.29, 1.82) is 0 Å². The van der Waals surface area contributed by atoms with E-state index in [4.69, 9.17) is 5.11 Å². The van der Waals surface area contributed by atoms with Crippen LogP contribution in [0.15, 0.2) is 17.2 Å². The number of aliphatic hydroxyl groups is 1. The van der Waals surface area contributed by atoms with Gasteiger partial charge in [0.1, 0.15) is 0 Å². The second kappa shape index (κ2) is 5.67. The Morgan fingerprint density at radius 2 is 2.33 bits per heavy atom. The highest BCUT2D eigenvalue weighted by molar-refractivity contribution is 7.99. The molecule has 82 valence electrons. The molecule has 1 N–H and O–H groups in total. The number of thioether (sulfide) groups is 1. The number of hydrogen-bond donors (Lipinski definition) is 1. The third-order valence-electron chi connectivity index (χ3n) is 1.72. The number of nitrogens with zero attached hydrogens (tertiary/aromatic N) is 2. The van der Waals surface area contributed by atoms with Gasteiger partial charge in [-0.15, -0.1) is 0 Å². The monoisotopic (exact) mass is 228 g/mol. The average molecular weight is 228 g/mol. The van der Waals surface area contributed by atoms with Crippen LogP contribution in [-0.4, -0.2) is 27.4 Å². The molecule has 0 saturated heterocycles. The van der Waals surface area contributed by atoms with Gasteiger partial charge in [0.15, 0.2) is 5.03 Å². The van der Waals surface area contributed by atoms with Crippen LogP contribution in [-0.2, 0) is 0 Å². The minimum absolute atomic E-state index is 0.0311. The molecular formula is C9H12N2O3S. The first kappa shape index (κ1) is 11.9. The van der Waals surface area contributed by atoms with Gasteiger partial charge in [0.25, 0.3) is 0 Å². The molecule has 0 atom stereocenters. The maximum Gasteiger partial charge on any atom is 0.301 e. The van der Waals surface area contributed by atoms with Crippen molar-refractivity contribution in [2.45, 2.75) is 18.4 Å². The minimum atomic E-state index is -0.437. The Bertz CT molecular complexity index is 357. The molecule has 0 spiro atoms. The third-order valence-corrected chi connectivity index (χ3v) is 2.78. The molecule has 0 saturated carbocycles. The summed E-state index contributed by atoms with van der Waals surface area (Å²) in [6.45, 7) is 1.88. The molecule has 6 heteroatoms. The van der Waals surface area contributed by atoms with Crippen LogP contribution in [0.2, 0.25) is 0 Å². The lowest BCUT2D eigenvalue weighted by atomic mass is 10.3. The molecule has 1 heterocycles. The van der Waals surface area contributed by atoms with E-state index in [0.29, 0.717) is 17.2 Å². The summed E-state index contributed by atoms with van der Waals surface area (Å²) in [6.07, 6.45) is 0.609. The highest BCUT2D eigenvalue weighted by Gasteiger charge is 2.14. The second-order valence-electron chi connectivity index (χ2n) is 2.96. The molecule has 0 unspecified atom stereocenters. The molecule has 0 aliphatic rings. The molecule has 15 heavy (non-hydrogen) atoms. The first-order chi connectivity index (χ1) is 7.15. The van der Waals surface area contributed by atoms with Crippen LogP contribution in [0.5, 0.6) is 0 Å². The Kier molecular flexibility index (Phi) is 4.51. The molecule has 5 nitrogen and oxygen atoms in total. The fraction of sp³-hybridized carbons (Fsp3) is 0.444. The lowest BCUT2D eigenvalue weighted by Gasteiger charge is -2.02. The fourth-order valence-electron chi connectivity index (χ4n) is 1.00. The minimum Gasteiger partial charge on any atom is -0.396 e. The van der Waals surface area contributed by atoms with Crippen LogP contribution in [0.4, 0.5) is 5.69 Å². The van der Waals surface area contributed by atoms with E-state index in [9.17, 15) is 10.1 Å². The maximum absolute atomic E-state index is 10.7. The molecule has 1 aromatic heterocycles. The van der Waals surface area contributed by atoms with E-state index in [0.717, 1.165) is 5.69 Å². The first-order valence-electron chi connectivity index (χ1n) is 4.51. The molecule has 1 rings (SSSR count). The van der Waals surface area contributed by atoms with Gasteiger partial charge in [0.2, 0.25) is 0 Å². The molecule has 1 aromatic rings. The smallest absolute Gasteiger partial charge is 0.301 e. The number of aromatic nitrogens is 1. The molecule has 0 bridgehead atoms. The molecule has 0 fully saturated rings. The standard InChI is InChI=1S/C9H12N2O3S/c1-7-3-4-8(11(13)14)9(10-7)15-6-2-5-12/h3-4,12H,2,5-6H2,1H3. The summed E-state index contributed by atoms with van der Waals surface area (Å²) < 4.78 is 0. The topological polar surface area (TPSA) is 76.3 Å². The Balaban J connectivity index is 2.82. The van der Waals surface area contributed by atoms with E-state index in [2.05, 4.69) is 4.98 Å². The number of aliphatic hydroxyl groups excluding tert-OH is 1. The van der Waals surface area contributed by atoms with E-state index in [1.165, 1.54) is 17.8 Å². The molecule has 0 amide bonds. The Morgan fingerprint density at radius 3 is 2.93 bits per heavy atom. The predicted molar refractivity (Wildman–Crippen MR) is 58.1 cm³/mol. The van der Waals surface area contributed by atoms with Gasteiger partial charge in [-0.3, -0.25) is 10.1 Å². The van der Waals surface area contributed by atoms with Crippen LogP contribution in [0.25, 0.3) is 0 Å². The number of hydrogen-bond acceptors (Lipinski definition) is 5. The molecule has 0 aliphatic heterocycles. The largest absolute Gasteiger partial charge is 0.396 e. The maximum atomic E-state index is 10.7. The second-order valence-corrected chi connectivity index (χ2v) is 4.04. The van der Waals surface area contributed by atoms with Gasteiger partial charge in [-0.25, -0.2) is 4.98 Å². The van der Waals surface area contributed by atoms with Gasteiger partial charge in [0, 0.05) is 24.1 Å². The van der Waals surface area contributed by atoms with Crippen molar-refractivity contribution in [1.82, 2.24) is 4.98 Å². The molecule has 0 aromatic carbocycles. The lowest BCUT2D eigenvalue weighted by molar-refractivity contribution is -0.388. The van der Waals surface area contributed by atoms with Crippen molar-refractivity contribution in [3.8, 4) is 0 Å². The number of pyridine rings is 1. The van der Waals surface area contributed by atoms with Crippen molar-refractivity contribution in [2.24, 2.45) is 0 Å². The van der Waals surface area contributed by atoms with E-state index in [1.54, 1.807) is 13.0 Å². The number of aryl methyl sites for hydroxylation is 1. The zero-order valence-electron chi connectivity index (χ0n) is 8.34. The molecule has 0 aliphatic carbocycles. The van der Waals surface area contributed by atoms with Gasteiger partial charge < -0.3 is 5.11 Å². The zero-order chi connectivity index (χ0) is 11.3. The van der Waals surface area contributed by atoms with Crippen molar-refractivity contribution >= 4 is 17.4 Å². The number of rotatable bonds is 5. The fourth-order valence-corrected chi connectivity index (χ4v) is 1.97. The van der Waals surface area contributed by atoms with Gasteiger partial charge in [0.05, 0.1) is 4.92 Å². The summed E-state index contributed by atoms with van der Waals surface area (Å²) in [7, 11) is 0.